The molecule has 2 aliphatic heterocycles. The molecule has 0 bridgehead atoms. The Kier molecular flexibility index (Phi) is 22.5. The molecule has 29 nitrogen and oxygen atoms in total. The Morgan fingerprint density at radius 1 is 0.957 bits per heavy atom. The highest BCUT2D eigenvalue weighted by molar-refractivity contribution is 8.13. The predicted molar refractivity (Wildman–Crippen MR) is 238 cm³/mol. The first kappa shape index (κ1) is 58.9. The molecule has 2 saturated heterocycles. The molecule has 4 rings (SSSR count). The molecular weight excluding hydrogens is 1010 g/mol. The van der Waals surface area contributed by atoms with Gasteiger partial charge in [-0.25, -0.2) is 28.6 Å². The topological polar surface area (TPSA) is 443 Å². The minimum absolute atomic E-state index is 0.0189. The van der Waals surface area contributed by atoms with Crippen molar-refractivity contribution >= 4 is 69.1 Å². The number of nitrogens with one attached hydrogen (secondary N) is 2. The number of aliphatic hydroxyl groups is 5. The molecule has 2 aromatic rings. The number of rotatable bonds is 29. The van der Waals surface area contributed by atoms with Gasteiger partial charge >= 0.3 is 23.5 Å². The van der Waals surface area contributed by atoms with Gasteiger partial charge in [0.2, 0.25) is 11.8 Å². The van der Waals surface area contributed by atoms with Gasteiger partial charge in [-0.2, -0.15) is 4.31 Å². The molecule has 69 heavy (non-hydrogen) atoms. The summed E-state index contributed by atoms with van der Waals surface area (Å²) in [5, 5.41) is 56.2. The molecule has 2 aromatic heterocycles. The van der Waals surface area contributed by atoms with Crippen molar-refractivity contribution in [1.29, 1.82) is 0 Å². The Morgan fingerprint density at radius 3 is 2.36 bits per heavy atom. The molecule has 0 saturated carbocycles. The molecule has 4 heterocycles. The van der Waals surface area contributed by atoms with Gasteiger partial charge in [0, 0.05) is 50.1 Å². The number of hydrogen-bond donors (Lipinski definition) is 12. The van der Waals surface area contributed by atoms with Crippen LogP contribution in [0.15, 0.2) is 12.7 Å². The van der Waals surface area contributed by atoms with E-state index in [2.05, 4.69) is 34.4 Å². The van der Waals surface area contributed by atoms with Crippen molar-refractivity contribution in [2.75, 3.05) is 44.4 Å². The molecule has 0 radical (unpaired) electrons. The summed E-state index contributed by atoms with van der Waals surface area (Å²) in [7, 11) is -16.5. The average Bonchev–Trinajstić information content (AvgIpc) is 3.81. The molecule has 2 aliphatic rings. The van der Waals surface area contributed by atoms with Gasteiger partial charge in [0.1, 0.15) is 42.4 Å². The summed E-state index contributed by atoms with van der Waals surface area (Å²) >= 11 is 0.938. The molecule has 12 atom stereocenters. The van der Waals surface area contributed by atoms with E-state index in [1.165, 1.54) is 13.8 Å². The molecule has 13 N–H and O–H groups in total. The molecule has 33 heteroatoms. The number of phosphoric ester groups is 3. The molecule has 2 unspecified atom stereocenters. The Bertz CT molecular complexity index is 2160. The van der Waals surface area contributed by atoms with E-state index in [0.29, 0.717) is 25.9 Å². The highest BCUT2D eigenvalue weighted by Gasteiger charge is 2.50. The van der Waals surface area contributed by atoms with Crippen molar-refractivity contribution < 1.29 is 105 Å². The number of amides is 2. The molecule has 2 amide bonds. The summed E-state index contributed by atoms with van der Waals surface area (Å²) in [5.41, 5.74) is 4.21. The lowest BCUT2D eigenvalue weighted by Crippen LogP contribution is -2.47. The lowest BCUT2D eigenvalue weighted by atomic mass is 9.87. The maximum atomic E-state index is 12.7. The molecule has 394 valence electrons. The van der Waals surface area contributed by atoms with E-state index in [9.17, 15) is 73.2 Å². The fourth-order valence-corrected chi connectivity index (χ4v) is 10.3. The molecule has 2 fully saturated rings. The van der Waals surface area contributed by atoms with Crippen LogP contribution in [0, 0.1) is 5.41 Å². The number of aromatic nitrogens is 4. The first-order valence-corrected chi connectivity index (χ1v) is 27.0. The van der Waals surface area contributed by atoms with E-state index in [-0.39, 0.29) is 60.2 Å². The summed E-state index contributed by atoms with van der Waals surface area (Å²) in [4.78, 5) is 88.4. The zero-order chi connectivity index (χ0) is 51.3. The number of carbonyl (C=O) groups is 3. The largest absolute Gasteiger partial charge is 0.481 e. The van der Waals surface area contributed by atoms with Crippen LogP contribution in [0.25, 0.3) is 11.2 Å². The van der Waals surface area contributed by atoms with Crippen LogP contribution in [0.5, 0.6) is 0 Å². The Balaban J connectivity index is 1.09. The summed E-state index contributed by atoms with van der Waals surface area (Å²) in [6.45, 7) is 2.33. The third kappa shape index (κ3) is 19.1. The van der Waals surface area contributed by atoms with Gasteiger partial charge in [-0.3, -0.25) is 32.5 Å². The maximum Gasteiger partial charge on any atom is 0.481 e. The van der Waals surface area contributed by atoms with Gasteiger partial charge in [0.15, 0.2) is 29.1 Å². The fraction of sp³-hybridized carbons (Fsp3) is 0.778. The maximum absolute atomic E-state index is 12.7. The van der Waals surface area contributed by atoms with Crippen LogP contribution in [0.4, 0.5) is 5.82 Å². The van der Waals surface area contributed by atoms with Crippen molar-refractivity contribution in [1.82, 2.24) is 30.2 Å². The van der Waals surface area contributed by atoms with Crippen LogP contribution in [0.3, 0.4) is 0 Å². The predicted octanol–water partition coefficient (Wildman–Crippen LogP) is -0.760. The van der Waals surface area contributed by atoms with Crippen molar-refractivity contribution in [2.24, 2.45) is 5.41 Å². The quantitative estimate of drug-likeness (QED) is 0.0352. The Hall–Kier alpha value is -2.64. The summed E-state index contributed by atoms with van der Waals surface area (Å²) in [5.74, 6) is -1.34. The van der Waals surface area contributed by atoms with Gasteiger partial charge < -0.3 is 75.7 Å². The van der Waals surface area contributed by atoms with Gasteiger partial charge in [-0.1, -0.05) is 44.9 Å². The van der Waals surface area contributed by atoms with E-state index >= 15 is 0 Å². The summed E-state index contributed by atoms with van der Waals surface area (Å²) in [6.07, 6.45) is -7.23. The SMILES string of the molecule is C[C@@H]1O[C@@H](OCCCCCC[C@@H](O)CC(=O)SCCNC(=O)CCNC(=O)[C@H](O)C(C)(C)COP(=O)(O)OP(=O)(O)OC[C@H]2O[C@@H](n3cnc4c(N)ncnc43)[C@H](O)[C@@H]2OP(=O)(O)O)[C@H](O)C[C@H]1O. The minimum atomic E-state index is -5.60. The zero-order valence-electron chi connectivity index (χ0n) is 37.8. The molecule has 0 aromatic carbocycles. The second-order valence-corrected chi connectivity index (χ2v) is 22.2. The van der Waals surface area contributed by atoms with E-state index in [0.717, 1.165) is 41.8 Å². The number of phosphoric acid groups is 3. The Morgan fingerprint density at radius 2 is 1.65 bits per heavy atom. The number of aliphatic hydroxyl groups excluding tert-OH is 5. The monoisotopic (exact) mass is 1070 g/mol. The van der Waals surface area contributed by atoms with Crippen molar-refractivity contribution in [2.45, 2.75) is 133 Å². The van der Waals surface area contributed by atoms with Crippen LogP contribution < -0.4 is 16.4 Å². The third-order valence-corrected chi connectivity index (χ3v) is 14.6. The first-order chi connectivity index (χ1) is 32.2. The van der Waals surface area contributed by atoms with E-state index in [1.807, 2.05) is 0 Å². The number of anilines is 1. The summed E-state index contributed by atoms with van der Waals surface area (Å²) < 4.78 is 73.4. The number of nitrogens with zero attached hydrogens (tertiary/aromatic N) is 4. The highest BCUT2D eigenvalue weighted by atomic mass is 32.2. The van der Waals surface area contributed by atoms with Gasteiger partial charge in [-0.05, 0) is 19.8 Å². The van der Waals surface area contributed by atoms with Crippen LogP contribution in [0.2, 0.25) is 0 Å². The standard InChI is InChI=1S/C36H62N7O22P3S/c1-20-22(45)15-23(46)35(62-20)59-12-7-5-4-6-8-21(44)14-26(48)69-13-11-38-25(47)9-10-39-33(51)30(50)36(2,3)17-61-68(57,58)65-67(55,56)60-16-24-29(64-66(52,53)54)28(49)34(63-24)43-19-42-27-31(37)40-18-41-32(27)43/h18-24,28-30,34-35,44-46,49-50H,4-17H2,1-3H3,(H,38,47)(H,39,51)(H,55,56)(H,57,58)(H2,37,40,41)(H2,52,53,54)/t20-,21+,22+,23+,24+,28+,29+,30-,34+,35+/m0/s1. The number of thioether (sulfide) groups is 1. The van der Waals surface area contributed by atoms with E-state index in [4.69, 9.17) is 29.0 Å². The number of hydrogen-bond acceptors (Lipinski definition) is 23. The highest BCUT2D eigenvalue weighted by Crippen LogP contribution is 2.61. The normalized spacial score (nSPS) is 26.0. The van der Waals surface area contributed by atoms with Gasteiger partial charge in [0.25, 0.3) is 0 Å². The second-order valence-electron chi connectivity index (χ2n) is 16.8. The number of carbonyl (C=O) groups excluding carboxylic acids is 3. The fourth-order valence-electron chi connectivity index (χ4n) is 6.78. The van der Waals surface area contributed by atoms with E-state index < -0.39 is 115 Å². The molecular formula is C36H62N7O22P3S. The van der Waals surface area contributed by atoms with Gasteiger partial charge in [-0.15, -0.1) is 0 Å². The number of unbranched alkanes of at least 4 members (excludes halogenated alkanes) is 3. The minimum Gasteiger partial charge on any atom is -0.393 e. The average molecular weight is 1070 g/mol. The van der Waals surface area contributed by atoms with Gasteiger partial charge in [0.05, 0.1) is 37.9 Å². The lowest BCUT2D eigenvalue weighted by molar-refractivity contribution is -0.261. The van der Waals surface area contributed by atoms with Crippen LogP contribution in [-0.2, 0) is 60.2 Å². The summed E-state index contributed by atoms with van der Waals surface area (Å²) in [6, 6.07) is 0. The van der Waals surface area contributed by atoms with Crippen molar-refractivity contribution in [3.63, 3.8) is 0 Å². The van der Waals surface area contributed by atoms with Crippen molar-refractivity contribution in [3.05, 3.63) is 12.7 Å². The second kappa shape index (κ2) is 26.4. The van der Waals surface area contributed by atoms with Crippen LogP contribution in [-0.4, -0.2) is 175 Å². The van der Waals surface area contributed by atoms with Crippen molar-refractivity contribution in [3.8, 4) is 0 Å². The smallest absolute Gasteiger partial charge is 0.393 e. The number of fused-ring (bicyclic) bond motifs is 1. The molecule has 0 spiro atoms. The lowest BCUT2D eigenvalue weighted by Gasteiger charge is -2.35. The van der Waals surface area contributed by atoms with Crippen LogP contribution in [0.1, 0.15) is 78.4 Å². The van der Waals surface area contributed by atoms with Crippen LogP contribution >= 0.6 is 35.2 Å². The Labute approximate surface area is 399 Å². The first-order valence-electron chi connectivity index (χ1n) is 21.5. The zero-order valence-corrected chi connectivity index (χ0v) is 41.3. The molecule has 0 aliphatic carbocycles. The van der Waals surface area contributed by atoms with E-state index in [1.54, 1.807) is 6.92 Å². The number of nitrogens with two attached hydrogens (primary N) is 1. The third-order valence-electron chi connectivity index (χ3n) is 10.6. The number of imidazole rings is 1. The number of ether oxygens (including phenoxy) is 3. The number of nitrogen functional groups attached to an aromatic ring is 1.